The lowest BCUT2D eigenvalue weighted by atomic mass is 10.3. The van der Waals surface area contributed by atoms with Crippen molar-refractivity contribution in [2.24, 2.45) is 0 Å². The van der Waals surface area contributed by atoms with Crippen LogP contribution in [0.25, 0.3) is 10.2 Å². The quantitative estimate of drug-likeness (QED) is 0.899. The zero-order valence-electron chi connectivity index (χ0n) is 10.6. The Hall–Kier alpha value is -1.18. The maximum atomic E-state index is 11.8. The number of nitrogens with one attached hydrogen (secondary N) is 1. The second kappa shape index (κ2) is 4.73. The van der Waals surface area contributed by atoms with E-state index in [4.69, 9.17) is 0 Å². The van der Waals surface area contributed by atoms with Crippen molar-refractivity contribution in [3.63, 3.8) is 0 Å². The topological polar surface area (TPSA) is 62.3 Å². The molecule has 0 spiro atoms. The Morgan fingerprint density at radius 3 is 2.74 bits per heavy atom. The molecule has 3 rings (SSSR count). The molecule has 2 heterocycles. The summed E-state index contributed by atoms with van der Waals surface area (Å²) >= 11 is 1.56. The number of nitrogens with zero attached hydrogens (tertiary/aromatic N) is 2. The van der Waals surface area contributed by atoms with Gasteiger partial charge < -0.3 is 10.2 Å². The molecule has 7 heteroatoms. The van der Waals surface area contributed by atoms with E-state index in [-0.39, 0.29) is 0 Å². The minimum absolute atomic E-state index is 0.322. The minimum Gasteiger partial charge on any atom is -0.346 e. The number of fused-ring (bicyclic) bond motifs is 1. The van der Waals surface area contributed by atoms with E-state index >= 15 is 0 Å². The third-order valence-corrected chi connectivity index (χ3v) is 5.37. The van der Waals surface area contributed by atoms with Gasteiger partial charge >= 0.3 is 0 Å². The number of para-hydroxylation sites is 1. The van der Waals surface area contributed by atoms with Crippen LogP contribution in [0.2, 0.25) is 0 Å². The number of hydrogen-bond acceptors (Lipinski definition) is 6. The number of benzene rings is 1. The molecule has 1 aromatic carbocycles. The van der Waals surface area contributed by atoms with Crippen LogP contribution >= 0.6 is 11.3 Å². The molecule has 1 saturated heterocycles. The van der Waals surface area contributed by atoms with Crippen LogP contribution in [-0.4, -0.2) is 45.8 Å². The van der Waals surface area contributed by atoms with Crippen molar-refractivity contribution in [2.75, 3.05) is 37.3 Å². The van der Waals surface area contributed by atoms with Crippen LogP contribution in [0.1, 0.15) is 0 Å². The van der Waals surface area contributed by atoms with Gasteiger partial charge in [0.25, 0.3) is 0 Å². The number of anilines is 1. The highest BCUT2D eigenvalue weighted by Gasteiger charge is 2.19. The lowest BCUT2D eigenvalue weighted by molar-refractivity contribution is 0.588. The minimum atomic E-state index is -3.23. The number of rotatable bonds is 2. The van der Waals surface area contributed by atoms with Crippen LogP contribution in [0.3, 0.4) is 0 Å². The summed E-state index contributed by atoms with van der Waals surface area (Å²) in [4.78, 5) is 7.06. The summed E-state index contributed by atoms with van der Waals surface area (Å²) in [5, 5.41) is 4.20. The van der Waals surface area contributed by atoms with Crippen LogP contribution in [0, 0.1) is 0 Å². The van der Waals surface area contributed by atoms with Crippen molar-refractivity contribution in [2.45, 2.75) is 4.90 Å². The van der Waals surface area contributed by atoms with Gasteiger partial charge in [0.15, 0.2) is 15.0 Å². The maximum absolute atomic E-state index is 11.8. The monoisotopic (exact) mass is 297 g/mol. The van der Waals surface area contributed by atoms with Gasteiger partial charge in [0.2, 0.25) is 0 Å². The lowest BCUT2D eigenvalue weighted by Crippen LogP contribution is -2.43. The predicted octanol–water partition coefficient (Wildman–Crippen LogP) is 1.11. The van der Waals surface area contributed by atoms with E-state index in [1.807, 2.05) is 6.07 Å². The van der Waals surface area contributed by atoms with E-state index < -0.39 is 9.84 Å². The van der Waals surface area contributed by atoms with Gasteiger partial charge in [0.05, 0.1) is 9.60 Å². The molecule has 0 radical (unpaired) electrons. The fraction of sp³-hybridized carbons (Fsp3) is 0.417. The molecule has 1 aromatic heterocycles. The van der Waals surface area contributed by atoms with Gasteiger partial charge in [0, 0.05) is 32.4 Å². The van der Waals surface area contributed by atoms with E-state index in [9.17, 15) is 8.42 Å². The van der Waals surface area contributed by atoms with E-state index in [0.717, 1.165) is 36.0 Å². The zero-order valence-corrected chi connectivity index (χ0v) is 12.2. The summed E-state index contributed by atoms with van der Waals surface area (Å²) in [5.74, 6) is 0. The van der Waals surface area contributed by atoms with Gasteiger partial charge in [-0.15, -0.1) is 0 Å². The Kier molecular flexibility index (Phi) is 3.20. The molecule has 19 heavy (non-hydrogen) atoms. The standard InChI is InChI=1S/C12H15N3O2S2/c1-19(16,17)10-4-2-3-9-11(10)14-12(18-9)15-7-5-13-6-8-15/h2-4,13H,5-8H2,1H3. The van der Waals surface area contributed by atoms with Crippen molar-refractivity contribution in [3.8, 4) is 0 Å². The Morgan fingerprint density at radius 1 is 1.32 bits per heavy atom. The average molecular weight is 297 g/mol. The van der Waals surface area contributed by atoms with Gasteiger partial charge in [-0.05, 0) is 12.1 Å². The normalized spacial score (nSPS) is 17.0. The number of sulfone groups is 1. The largest absolute Gasteiger partial charge is 0.346 e. The third kappa shape index (κ3) is 2.45. The molecule has 1 aliphatic rings. The van der Waals surface area contributed by atoms with Crippen LogP contribution in [0.4, 0.5) is 5.13 Å². The van der Waals surface area contributed by atoms with Crippen molar-refractivity contribution >= 4 is 36.5 Å². The highest BCUT2D eigenvalue weighted by atomic mass is 32.2. The smallest absolute Gasteiger partial charge is 0.186 e. The molecular formula is C12H15N3O2S2. The van der Waals surface area contributed by atoms with Gasteiger partial charge in [0.1, 0.15) is 5.52 Å². The van der Waals surface area contributed by atoms with Crippen molar-refractivity contribution in [1.82, 2.24) is 10.3 Å². The molecule has 2 aromatic rings. The number of piperazine rings is 1. The summed E-state index contributed by atoms with van der Waals surface area (Å²) in [5.41, 5.74) is 0.600. The highest BCUT2D eigenvalue weighted by molar-refractivity contribution is 7.91. The number of thiazole rings is 1. The first-order valence-corrected chi connectivity index (χ1v) is 8.82. The van der Waals surface area contributed by atoms with Gasteiger partial charge in [-0.2, -0.15) is 0 Å². The summed E-state index contributed by atoms with van der Waals surface area (Å²) < 4.78 is 24.5. The molecule has 0 aliphatic carbocycles. The Bertz CT molecular complexity index is 703. The molecule has 0 bridgehead atoms. The van der Waals surface area contributed by atoms with E-state index in [1.54, 1.807) is 23.5 Å². The van der Waals surface area contributed by atoms with Crippen molar-refractivity contribution in [1.29, 1.82) is 0 Å². The summed E-state index contributed by atoms with van der Waals surface area (Å²) in [6.45, 7) is 3.70. The van der Waals surface area contributed by atoms with Crippen LogP contribution in [-0.2, 0) is 9.84 Å². The SMILES string of the molecule is CS(=O)(=O)c1cccc2sc(N3CCNCC3)nc12. The summed E-state index contributed by atoms with van der Waals surface area (Å²) in [6.07, 6.45) is 1.23. The Morgan fingerprint density at radius 2 is 2.05 bits per heavy atom. The summed E-state index contributed by atoms with van der Waals surface area (Å²) in [7, 11) is -3.23. The Balaban J connectivity index is 2.10. The molecule has 1 aliphatic heterocycles. The molecule has 0 unspecified atom stereocenters. The van der Waals surface area contributed by atoms with E-state index in [0.29, 0.717) is 10.4 Å². The van der Waals surface area contributed by atoms with Crippen molar-refractivity contribution in [3.05, 3.63) is 18.2 Å². The van der Waals surface area contributed by atoms with Crippen molar-refractivity contribution < 1.29 is 8.42 Å². The highest BCUT2D eigenvalue weighted by Crippen LogP contribution is 2.32. The molecule has 1 fully saturated rings. The molecule has 0 amide bonds. The van der Waals surface area contributed by atoms with Gasteiger partial charge in [-0.3, -0.25) is 0 Å². The molecule has 102 valence electrons. The maximum Gasteiger partial charge on any atom is 0.186 e. The second-order valence-electron chi connectivity index (χ2n) is 4.61. The summed E-state index contributed by atoms with van der Waals surface area (Å²) in [6, 6.07) is 5.32. The molecule has 0 saturated carbocycles. The molecule has 1 N–H and O–H groups in total. The van der Waals surface area contributed by atoms with Crippen LogP contribution in [0.5, 0.6) is 0 Å². The molecule has 0 atom stereocenters. The molecular weight excluding hydrogens is 282 g/mol. The Labute approximate surface area is 116 Å². The first kappa shape index (κ1) is 12.8. The number of hydrogen-bond donors (Lipinski definition) is 1. The fourth-order valence-electron chi connectivity index (χ4n) is 2.20. The van der Waals surface area contributed by atoms with E-state index in [1.165, 1.54) is 6.26 Å². The fourth-order valence-corrected chi connectivity index (χ4v) is 4.14. The average Bonchev–Trinajstić information content (AvgIpc) is 2.82. The lowest BCUT2D eigenvalue weighted by Gasteiger charge is -2.26. The number of aromatic nitrogens is 1. The first-order valence-electron chi connectivity index (χ1n) is 6.11. The first-order chi connectivity index (χ1) is 9.05. The van der Waals surface area contributed by atoms with E-state index in [2.05, 4.69) is 15.2 Å². The molecule has 5 nitrogen and oxygen atoms in total. The van der Waals surface area contributed by atoms with Crippen LogP contribution < -0.4 is 10.2 Å². The van der Waals surface area contributed by atoms with Crippen LogP contribution in [0.15, 0.2) is 23.1 Å². The predicted molar refractivity (Wildman–Crippen MR) is 77.8 cm³/mol. The van der Waals surface area contributed by atoms with Gasteiger partial charge in [-0.25, -0.2) is 13.4 Å². The zero-order chi connectivity index (χ0) is 13.5. The van der Waals surface area contributed by atoms with Gasteiger partial charge in [-0.1, -0.05) is 17.4 Å². The second-order valence-corrected chi connectivity index (χ2v) is 7.60. The third-order valence-electron chi connectivity index (χ3n) is 3.16.